The van der Waals surface area contributed by atoms with Gasteiger partial charge in [0.25, 0.3) is 0 Å². The first-order valence-electron chi connectivity index (χ1n) is 7.60. The van der Waals surface area contributed by atoms with Crippen molar-refractivity contribution in [2.24, 2.45) is 11.7 Å². The molecule has 108 valence electrons. The van der Waals surface area contributed by atoms with Crippen molar-refractivity contribution in [3.05, 3.63) is 15.9 Å². The van der Waals surface area contributed by atoms with E-state index in [-0.39, 0.29) is 6.04 Å². The van der Waals surface area contributed by atoms with E-state index in [2.05, 4.69) is 39.6 Å². The maximum Gasteiger partial charge on any atom is 0.0738 e. The van der Waals surface area contributed by atoms with Gasteiger partial charge in [0, 0.05) is 19.0 Å². The maximum absolute atomic E-state index is 6.49. The van der Waals surface area contributed by atoms with Gasteiger partial charge in [-0.05, 0) is 48.5 Å². The lowest BCUT2D eigenvalue weighted by molar-refractivity contribution is 0.366. The van der Waals surface area contributed by atoms with Gasteiger partial charge in [0.05, 0.1) is 15.9 Å². The summed E-state index contributed by atoms with van der Waals surface area (Å²) >= 11 is 3.67. The SMILES string of the molecule is CCn1nc(C)c(Br)c1CC(N)C1CCCCCC1. The Morgan fingerprint density at radius 1 is 1.32 bits per heavy atom. The lowest BCUT2D eigenvalue weighted by atomic mass is 9.89. The van der Waals surface area contributed by atoms with Crippen LogP contribution in [0, 0.1) is 12.8 Å². The normalized spacial score (nSPS) is 19.4. The van der Waals surface area contributed by atoms with E-state index in [0.717, 1.165) is 23.1 Å². The van der Waals surface area contributed by atoms with E-state index in [0.29, 0.717) is 5.92 Å². The molecule has 1 aliphatic rings. The molecular weight excluding hydrogens is 302 g/mol. The highest BCUT2D eigenvalue weighted by Gasteiger charge is 2.23. The molecule has 1 saturated carbocycles. The molecule has 19 heavy (non-hydrogen) atoms. The Morgan fingerprint density at radius 2 is 1.95 bits per heavy atom. The van der Waals surface area contributed by atoms with Gasteiger partial charge in [0.1, 0.15) is 0 Å². The van der Waals surface area contributed by atoms with Gasteiger partial charge in [-0.1, -0.05) is 25.7 Å². The zero-order valence-corrected chi connectivity index (χ0v) is 13.7. The van der Waals surface area contributed by atoms with E-state index in [1.165, 1.54) is 44.2 Å². The highest BCUT2D eigenvalue weighted by molar-refractivity contribution is 9.10. The summed E-state index contributed by atoms with van der Waals surface area (Å²) in [5.41, 5.74) is 8.84. The summed E-state index contributed by atoms with van der Waals surface area (Å²) in [7, 11) is 0. The summed E-state index contributed by atoms with van der Waals surface area (Å²) in [5, 5.41) is 4.56. The van der Waals surface area contributed by atoms with Gasteiger partial charge in [0.2, 0.25) is 0 Å². The summed E-state index contributed by atoms with van der Waals surface area (Å²) in [5.74, 6) is 0.690. The Morgan fingerprint density at radius 3 is 2.53 bits per heavy atom. The topological polar surface area (TPSA) is 43.8 Å². The van der Waals surface area contributed by atoms with Crippen LogP contribution in [0.5, 0.6) is 0 Å². The smallest absolute Gasteiger partial charge is 0.0738 e. The van der Waals surface area contributed by atoms with Gasteiger partial charge in [-0.2, -0.15) is 5.10 Å². The van der Waals surface area contributed by atoms with Gasteiger partial charge in [-0.25, -0.2) is 0 Å². The van der Waals surface area contributed by atoms with Crippen LogP contribution in [0.2, 0.25) is 0 Å². The van der Waals surface area contributed by atoms with E-state index in [4.69, 9.17) is 5.73 Å². The molecule has 0 aliphatic heterocycles. The second-order valence-electron chi connectivity index (χ2n) is 5.78. The molecule has 0 aromatic carbocycles. The Labute approximate surface area is 125 Å². The van der Waals surface area contributed by atoms with E-state index in [1.807, 2.05) is 0 Å². The largest absolute Gasteiger partial charge is 0.327 e. The number of nitrogens with two attached hydrogens (primary N) is 1. The molecule has 0 radical (unpaired) electrons. The first kappa shape index (κ1) is 15.0. The predicted octanol–water partition coefficient (Wildman–Crippen LogP) is 3.81. The molecule has 4 heteroatoms. The number of rotatable bonds is 4. The van der Waals surface area contributed by atoms with Crippen LogP contribution in [-0.4, -0.2) is 15.8 Å². The Bertz CT molecular complexity index is 406. The van der Waals surface area contributed by atoms with E-state index in [9.17, 15) is 0 Å². The molecule has 0 spiro atoms. The average molecular weight is 328 g/mol. The summed E-state index contributed by atoms with van der Waals surface area (Å²) in [4.78, 5) is 0. The first-order chi connectivity index (χ1) is 9.13. The van der Waals surface area contributed by atoms with Crippen molar-refractivity contribution in [3.63, 3.8) is 0 Å². The maximum atomic E-state index is 6.49. The van der Waals surface area contributed by atoms with E-state index < -0.39 is 0 Å². The summed E-state index contributed by atoms with van der Waals surface area (Å²) in [6, 6.07) is 0.274. The van der Waals surface area contributed by atoms with Crippen LogP contribution in [0.3, 0.4) is 0 Å². The van der Waals surface area contributed by atoms with Crippen molar-refractivity contribution in [2.45, 2.75) is 71.4 Å². The van der Waals surface area contributed by atoms with Crippen molar-refractivity contribution in [3.8, 4) is 0 Å². The van der Waals surface area contributed by atoms with Crippen LogP contribution in [0.4, 0.5) is 0 Å². The Balaban J connectivity index is 2.07. The molecule has 0 bridgehead atoms. The molecule has 2 rings (SSSR count). The Kier molecular flexibility index (Phi) is 5.46. The van der Waals surface area contributed by atoms with Crippen LogP contribution in [0.25, 0.3) is 0 Å². The third-order valence-electron chi connectivity index (χ3n) is 4.39. The number of aryl methyl sites for hydroxylation is 2. The Hall–Kier alpha value is -0.350. The zero-order valence-electron chi connectivity index (χ0n) is 12.2. The standard InChI is InChI=1S/C15H26BrN3/c1-3-19-14(15(16)11(2)18-19)10-13(17)12-8-6-4-5-7-9-12/h12-13H,3-10,17H2,1-2H3. The van der Waals surface area contributed by atoms with Crippen LogP contribution in [0.15, 0.2) is 4.47 Å². The van der Waals surface area contributed by atoms with Crippen molar-refractivity contribution in [2.75, 3.05) is 0 Å². The molecule has 2 N–H and O–H groups in total. The molecule has 1 aromatic heterocycles. The fourth-order valence-electron chi connectivity index (χ4n) is 3.19. The second kappa shape index (κ2) is 6.89. The lowest BCUT2D eigenvalue weighted by Gasteiger charge is -2.22. The molecule has 1 fully saturated rings. The van der Waals surface area contributed by atoms with Crippen molar-refractivity contribution in [1.29, 1.82) is 0 Å². The van der Waals surface area contributed by atoms with Gasteiger partial charge in [-0.3, -0.25) is 4.68 Å². The third-order valence-corrected chi connectivity index (χ3v) is 5.42. The van der Waals surface area contributed by atoms with Crippen LogP contribution >= 0.6 is 15.9 Å². The van der Waals surface area contributed by atoms with Crippen LogP contribution < -0.4 is 5.73 Å². The summed E-state index contributed by atoms with van der Waals surface area (Å²) < 4.78 is 3.24. The second-order valence-corrected chi connectivity index (χ2v) is 6.57. The highest BCUT2D eigenvalue weighted by Crippen LogP contribution is 2.28. The van der Waals surface area contributed by atoms with Crippen LogP contribution in [-0.2, 0) is 13.0 Å². The number of hydrogen-bond donors (Lipinski definition) is 1. The summed E-state index contributed by atoms with van der Waals surface area (Å²) in [6.07, 6.45) is 9.03. The number of nitrogens with zero attached hydrogens (tertiary/aromatic N) is 2. The quantitative estimate of drug-likeness (QED) is 0.854. The van der Waals surface area contributed by atoms with Gasteiger partial charge >= 0.3 is 0 Å². The molecule has 0 saturated heterocycles. The first-order valence-corrected chi connectivity index (χ1v) is 8.40. The monoisotopic (exact) mass is 327 g/mol. The van der Waals surface area contributed by atoms with Gasteiger partial charge in [-0.15, -0.1) is 0 Å². The highest BCUT2D eigenvalue weighted by atomic mass is 79.9. The van der Waals surface area contributed by atoms with Gasteiger partial charge < -0.3 is 5.73 Å². The van der Waals surface area contributed by atoms with Crippen LogP contribution in [0.1, 0.15) is 56.8 Å². The average Bonchev–Trinajstić information content (AvgIpc) is 2.65. The molecule has 1 unspecified atom stereocenters. The molecule has 1 atom stereocenters. The fraction of sp³-hybridized carbons (Fsp3) is 0.800. The zero-order chi connectivity index (χ0) is 13.8. The van der Waals surface area contributed by atoms with E-state index >= 15 is 0 Å². The molecule has 0 amide bonds. The minimum atomic E-state index is 0.274. The molecule has 1 aliphatic carbocycles. The minimum absolute atomic E-state index is 0.274. The molecular formula is C15H26BrN3. The predicted molar refractivity (Wildman–Crippen MR) is 83.2 cm³/mol. The van der Waals surface area contributed by atoms with Crippen molar-refractivity contribution in [1.82, 2.24) is 9.78 Å². The number of halogens is 1. The van der Waals surface area contributed by atoms with Crippen molar-refractivity contribution >= 4 is 15.9 Å². The van der Waals surface area contributed by atoms with E-state index in [1.54, 1.807) is 0 Å². The third kappa shape index (κ3) is 3.60. The number of aromatic nitrogens is 2. The lowest BCUT2D eigenvalue weighted by Crippen LogP contribution is -2.33. The van der Waals surface area contributed by atoms with Crippen molar-refractivity contribution < 1.29 is 0 Å². The molecule has 1 heterocycles. The minimum Gasteiger partial charge on any atom is -0.327 e. The molecule has 1 aromatic rings. The fourth-order valence-corrected chi connectivity index (χ4v) is 3.64. The summed E-state index contributed by atoms with van der Waals surface area (Å²) in [6.45, 7) is 5.11. The van der Waals surface area contributed by atoms with Gasteiger partial charge in [0.15, 0.2) is 0 Å². The number of hydrogen-bond acceptors (Lipinski definition) is 2. The molecule has 3 nitrogen and oxygen atoms in total.